The predicted octanol–water partition coefficient (Wildman–Crippen LogP) is 6.65. The summed E-state index contributed by atoms with van der Waals surface area (Å²) >= 11 is 12.6. The number of halogens is 2. The maximum atomic E-state index is 13.5. The number of carbonyl (C=O) groups excluding carboxylic acids is 1. The monoisotopic (exact) mass is 491 g/mol. The van der Waals surface area contributed by atoms with Gasteiger partial charge in [-0.05, 0) is 47.9 Å². The molecule has 0 saturated carbocycles. The highest BCUT2D eigenvalue weighted by Crippen LogP contribution is 2.36. The summed E-state index contributed by atoms with van der Waals surface area (Å²) in [5.74, 6) is 0.0404. The van der Waals surface area contributed by atoms with E-state index in [0.717, 1.165) is 48.2 Å². The number of aromatic nitrogens is 1. The summed E-state index contributed by atoms with van der Waals surface area (Å²) in [6.07, 6.45) is 2.39. The lowest BCUT2D eigenvalue weighted by atomic mass is 9.87. The van der Waals surface area contributed by atoms with Crippen molar-refractivity contribution in [3.63, 3.8) is 0 Å². The summed E-state index contributed by atoms with van der Waals surface area (Å²) in [5, 5.41) is 2.14. The van der Waals surface area contributed by atoms with Crippen molar-refractivity contribution in [2.24, 2.45) is 0 Å². The molecule has 1 N–H and O–H groups in total. The van der Waals surface area contributed by atoms with Crippen LogP contribution in [0.4, 0.5) is 5.69 Å². The smallest absolute Gasteiger partial charge is 0.223 e. The number of para-hydroxylation sites is 2. The summed E-state index contributed by atoms with van der Waals surface area (Å²) < 4.78 is 0. The zero-order chi connectivity index (χ0) is 23.7. The number of carbonyl (C=O) groups is 1. The van der Waals surface area contributed by atoms with Crippen LogP contribution in [0.15, 0.2) is 72.9 Å². The van der Waals surface area contributed by atoms with Crippen molar-refractivity contribution in [1.82, 2.24) is 9.88 Å². The van der Waals surface area contributed by atoms with Gasteiger partial charge in [-0.3, -0.25) is 4.79 Å². The number of hydrogen-bond donors (Lipinski definition) is 1. The van der Waals surface area contributed by atoms with Crippen LogP contribution in [0.3, 0.4) is 0 Å². The molecule has 5 rings (SSSR count). The van der Waals surface area contributed by atoms with E-state index in [2.05, 4.69) is 53.2 Å². The predicted molar refractivity (Wildman–Crippen MR) is 141 cm³/mol. The Labute approximate surface area is 210 Å². The van der Waals surface area contributed by atoms with E-state index < -0.39 is 0 Å². The second kappa shape index (κ2) is 9.73. The second-order valence-electron chi connectivity index (χ2n) is 8.87. The molecule has 4 aromatic rings. The van der Waals surface area contributed by atoms with Crippen molar-refractivity contribution in [1.29, 1.82) is 0 Å². The molecule has 1 aliphatic heterocycles. The molecule has 0 radical (unpaired) electrons. The Balaban J connectivity index is 1.38. The highest BCUT2D eigenvalue weighted by molar-refractivity contribution is 6.42. The standard InChI is InChI=1S/C28H27Cl2N3O/c1-19-6-2-5-9-27(19)32-12-14-33(15-13-32)28(34)17-22(20-10-11-24(29)25(30)16-20)23-18-31-26-8-4-3-7-21(23)26/h2-11,16,18,22,31H,12-15,17H2,1H3. The molecule has 2 heterocycles. The van der Waals surface area contributed by atoms with Crippen molar-refractivity contribution in [3.05, 3.63) is 99.7 Å². The molecule has 1 unspecified atom stereocenters. The quantitative estimate of drug-likeness (QED) is 0.339. The first-order chi connectivity index (χ1) is 16.5. The number of anilines is 1. The maximum absolute atomic E-state index is 13.5. The number of H-pyrrole nitrogens is 1. The lowest BCUT2D eigenvalue weighted by molar-refractivity contribution is -0.131. The highest BCUT2D eigenvalue weighted by Gasteiger charge is 2.27. The van der Waals surface area contributed by atoms with Gasteiger partial charge in [0.1, 0.15) is 0 Å². The van der Waals surface area contributed by atoms with E-state index in [9.17, 15) is 4.79 Å². The number of fused-ring (bicyclic) bond motifs is 1. The summed E-state index contributed by atoms with van der Waals surface area (Å²) in [4.78, 5) is 21.2. The molecule has 34 heavy (non-hydrogen) atoms. The van der Waals surface area contributed by atoms with E-state index in [-0.39, 0.29) is 11.8 Å². The van der Waals surface area contributed by atoms with Gasteiger partial charge in [-0.15, -0.1) is 0 Å². The molecule has 174 valence electrons. The second-order valence-corrected chi connectivity index (χ2v) is 9.69. The average molecular weight is 492 g/mol. The van der Waals surface area contributed by atoms with Gasteiger partial charge in [-0.25, -0.2) is 0 Å². The number of benzene rings is 3. The van der Waals surface area contributed by atoms with E-state index in [0.29, 0.717) is 16.5 Å². The lowest BCUT2D eigenvalue weighted by Crippen LogP contribution is -2.49. The molecular weight excluding hydrogens is 465 g/mol. The summed E-state index contributed by atoms with van der Waals surface area (Å²) in [6.45, 7) is 5.24. The van der Waals surface area contributed by atoms with Crippen LogP contribution in [-0.2, 0) is 4.79 Å². The number of nitrogens with zero attached hydrogens (tertiary/aromatic N) is 2. The number of aromatic amines is 1. The van der Waals surface area contributed by atoms with E-state index >= 15 is 0 Å². The van der Waals surface area contributed by atoms with Gasteiger partial charge in [-0.1, -0.05) is 65.7 Å². The first-order valence-corrected chi connectivity index (χ1v) is 12.4. The number of hydrogen-bond acceptors (Lipinski definition) is 2. The molecule has 1 atom stereocenters. The average Bonchev–Trinajstić information content (AvgIpc) is 3.28. The van der Waals surface area contributed by atoms with Gasteiger partial charge in [0.15, 0.2) is 0 Å². The molecule has 1 saturated heterocycles. The minimum atomic E-state index is -0.118. The Morgan fingerprint density at radius 2 is 1.68 bits per heavy atom. The minimum absolute atomic E-state index is 0.118. The van der Waals surface area contributed by atoms with Crippen LogP contribution >= 0.6 is 23.2 Å². The summed E-state index contributed by atoms with van der Waals surface area (Å²) in [5.41, 5.74) is 5.66. The number of amides is 1. The van der Waals surface area contributed by atoms with Crippen molar-refractivity contribution in [2.45, 2.75) is 19.3 Å². The third-order valence-electron chi connectivity index (χ3n) is 6.81. The van der Waals surface area contributed by atoms with Crippen molar-refractivity contribution >= 4 is 45.7 Å². The van der Waals surface area contributed by atoms with Crippen LogP contribution < -0.4 is 4.90 Å². The third kappa shape index (κ3) is 4.53. The Morgan fingerprint density at radius 1 is 0.941 bits per heavy atom. The SMILES string of the molecule is Cc1ccccc1N1CCN(C(=O)CC(c2ccc(Cl)c(Cl)c2)c2c[nH]c3ccccc23)CC1. The fraction of sp³-hybridized carbons (Fsp3) is 0.250. The Bertz CT molecular complexity index is 1320. The lowest BCUT2D eigenvalue weighted by Gasteiger charge is -2.37. The van der Waals surface area contributed by atoms with Gasteiger partial charge in [-0.2, -0.15) is 0 Å². The molecule has 1 amide bonds. The third-order valence-corrected chi connectivity index (χ3v) is 7.55. The van der Waals surface area contributed by atoms with E-state index in [1.807, 2.05) is 41.4 Å². The van der Waals surface area contributed by atoms with Crippen LogP contribution in [0.2, 0.25) is 10.0 Å². The minimum Gasteiger partial charge on any atom is -0.368 e. The topological polar surface area (TPSA) is 39.3 Å². The summed E-state index contributed by atoms with van der Waals surface area (Å²) in [6, 6.07) is 22.3. The van der Waals surface area contributed by atoms with Crippen LogP contribution in [0.25, 0.3) is 10.9 Å². The first kappa shape index (κ1) is 22.8. The zero-order valence-corrected chi connectivity index (χ0v) is 20.6. The first-order valence-electron chi connectivity index (χ1n) is 11.6. The molecule has 1 aromatic heterocycles. The van der Waals surface area contributed by atoms with Gasteiger partial charge >= 0.3 is 0 Å². The molecule has 0 spiro atoms. The molecule has 1 aliphatic rings. The Hall–Kier alpha value is -2.95. The molecule has 6 heteroatoms. The van der Waals surface area contributed by atoms with E-state index in [1.165, 1.54) is 11.3 Å². The number of rotatable bonds is 5. The Kier molecular flexibility index (Phi) is 6.53. The highest BCUT2D eigenvalue weighted by atomic mass is 35.5. The molecule has 1 fully saturated rings. The van der Waals surface area contributed by atoms with Gasteiger partial charge in [0, 0.05) is 61.3 Å². The maximum Gasteiger partial charge on any atom is 0.223 e. The van der Waals surface area contributed by atoms with E-state index in [4.69, 9.17) is 23.2 Å². The van der Waals surface area contributed by atoms with Crippen LogP contribution in [0.5, 0.6) is 0 Å². The largest absolute Gasteiger partial charge is 0.368 e. The molecule has 3 aromatic carbocycles. The zero-order valence-electron chi connectivity index (χ0n) is 19.1. The van der Waals surface area contributed by atoms with Crippen LogP contribution in [-0.4, -0.2) is 42.0 Å². The van der Waals surface area contributed by atoms with Gasteiger partial charge < -0.3 is 14.8 Å². The molecule has 0 bridgehead atoms. The molecule has 0 aliphatic carbocycles. The molecule has 4 nitrogen and oxygen atoms in total. The van der Waals surface area contributed by atoms with Gasteiger partial charge in [0.25, 0.3) is 0 Å². The number of piperazine rings is 1. The van der Waals surface area contributed by atoms with Crippen LogP contribution in [0.1, 0.15) is 29.0 Å². The fourth-order valence-electron chi connectivity index (χ4n) is 4.94. The summed E-state index contributed by atoms with van der Waals surface area (Å²) in [7, 11) is 0. The Morgan fingerprint density at radius 3 is 2.44 bits per heavy atom. The van der Waals surface area contributed by atoms with Crippen molar-refractivity contribution in [3.8, 4) is 0 Å². The van der Waals surface area contributed by atoms with Gasteiger partial charge in [0.05, 0.1) is 10.0 Å². The van der Waals surface area contributed by atoms with Crippen molar-refractivity contribution < 1.29 is 4.79 Å². The number of nitrogens with one attached hydrogen (secondary N) is 1. The van der Waals surface area contributed by atoms with Crippen LogP contribution in [0, 0.1) is 6.92 Å². The fourth-order valence-corrected chi connectivity index (χ4v) is 5.24. The van der Waals surface area contributed by atoms with Crippen molar-refractivity contribution in [2.75, 3.05) is 31.1 Å². The van der Waals surface area contributed by atoms with E-state index in [1.54, 1.807) is 0 Å². The van der Waals surface area contributed by atoms with Gasteiger partial charge in [0.2, 0.25) is 5.91 Å². The number of aryl methyl sites for hydroxylation is 1. The normalized spacial score (nSPS) is 15.0. The molecular formula is C28H27Cl2N3O.